The Morgan fingerprint density at radius 1 is 0.960 bits per heavy atom. The number of hydrazine groups is 1. The highest BCUT2D eigenvalue weighted by Gasteiger charge is 2.15. The predicted molar refractivity (Wildman–Crippen MR) is 91.3 cm³/mol. The third-order valence-electron chi connectivity index (χ3n) is 3.01. The molecule has 0 bridgehead atoms. The van der Waals surface area contributed by atoms with Crippen molar-refractivity contribution in [3.63, 3.8) is 0 Å². The molecule has 9 heteroatoms. The fourth-order valence-electron chi connectivity index (χ4n) is 1.85. The fraction of sp³-hybridized carbons (Fsp3) is 0.125. The van der Waals surface area contributed by atoms with Crippen LogP contribution in [-0.4, -0.2) is 27.0 Å². The lowest BCUT2D eigenvalue weighted by Crippen LogP contribution is -2.41. The molecule has 0 fully saturated rings. The van der Waals surface area contributed by atoms with Gasteiger partial charge in [0.2, 0.25) is 0 Å². The van der Waals surface area contributed by atoms with Gasteiger partial charge in [0.25, 0.3) is 15.9 Å². The quantitative estimate of drug-likeness (QED) is 0.702. The van der Waals surface area contributed by atoms with E-state index in [1.807, 2.05) is 0 Å². The molecule has 2 amide bonds. The molecular formula is C16H17N3O5S. The third-order valence-corrected chi connectivity index (χ3v) is 4.40. The summed E-state index contributed by atoms with van der Waals surface area (Å²) in [5.74, 6) is -0.604. The van der Waals surface area contributed by atoms with Crippen LogP contribution in [-0.2, 0) is 14.8 Å². The number of hydrogen-bond donors (Lipinski definition) is 3. The van der Waals surface area contributed by atoms with Gasteiger partial charge in [-0.2, -0.15) is 0 Å². The molecule has 0 heterocycles. The molecule has 0 aliphatic carbocycles. The Labute approximate surface area is 145 Å². The van der Waals surface area contributed by atoms with Crippen LogP contribution < -0.4 is 15.6 Å². The van der Waals surface area contributed by atoms with Crippen molar-refractivity contribution < 1.29 is 22.7 Å². The Balaban J connectivity index is 2.03. The largest absolute Gasteiger partial charge is 0.449 e. The molecule has 2 aromatic rings. The molecule has 25 heavy (non-hydrogen) atoms. The van der Waals surface area contributed by atoms with Gasteiger partial charge in [-0.25, -0.2) is 18.6 Å². The Hall–Kier alpha value is -3.07. The zero-order chi connectivity index (χ0) is 18.3. The summed E-state index contributed by atoms with van der Waals surface area (Å²) in [5.41, 5.74) is 4.83. The minimum Gasteiger partial charge on any atom is -0.449 e. The van der Waals surface area contributed by atoms with Gasteiger partial charge in [-0.15, -0.1) is 0 Å². The highest BCUT2D eigenvalue weighted by atomic mass is 32.2. The van der Waals surface area contributed by atoms with Crippen LogP contribution in [0.2, 0.25) is 0 Å². The highest BCUT2D eigenvalue weighted by Crippen LogP contribution is 2.16. The van der Waals surface area contributed by atoms with Crippen LogP contribution in [0.25, 0.3) is 0 Å². The number of rotatable bonds is 5. The molecular weight excluding hydrogens is 346 g/mol. The predicted octanol–water partition coefficient (Wildman–Crippen LogP) is 1.88. The van der Waals surface area contributed by atoms with Gasteiger partial charge in [-0.3, -0.25) is 14.9 Å². The van der Waals surface area contributed by atoms with E-state index in [1.165, 1.54) is 24.3 Å². The molecule has 3 N–H and O–H groups in total. The Morgan fingerprint density at radius 3 is 2.20 bits per heavy atom. The van der Waals surface area contributed by atoms with Crippen LogP contribution in [0.5, 0.6) is 0 Å². The lowest BCUT2D eigenvalue weighted by atomic mass is 10.2. The summed E-state index contributed by atoms with van der Waals surface area (Å²) < 4.78 is 31.6. The second kappa shape index (κ2) is 8.15. The molecule has 0 aliphatic heterocycles. The van der Waals surface area contributed by atoms with Crippen molar-refractivity contribution in [1.29, 1.82) is 0 Å². The summed E-state index contributed by atoms with van der Waals surface area (Å²) in [6.07, 6.45) is -0.790. The minimum absolute atomic E-state index is 0.00579. The number of amides is 2. The van der Waals surface area contributed by atoms with E-state index < -0.39 is 22.0 Å². The number of hydrogen-bond acceptors (Lipinski definition) is 5. The van der Waals surface area contributed by atoms with E-state index in [-0.39, 0.29) is 17.1 Å². The van der Waals surface area contributed by atoms with Gasteiger partial charge in [-0.05, 0) is 43.3 Å². The van der Waals surface area contributed by atoms with Crippen LogP contribution in [0.1, 0.15) is 17.3 Å². The van der Waals surface area contributed by atoms with Crippen molar-refractivity contribution >= 4 is 27.7 Å². The maximum atomic E-state index is 12.3. The Kier molecular flexibility index (Phi) is 5.96. The summed E-state index contributed by atoms with van der Waals surface area (Å²) in [7, 11) is -3.76. The number of nitrogens with one attached hydrogen (secondary N) is 3. The molecule has 0 spiro atoms. The monoisotopic (exact) mass is 363 g/mol. The first-order chi connectivity index (χ1) is 11.9. The van der Waals surface area contributed by atoms with Crippen LogP contribution in [0.3, 0.4) is 0 Å². The van der Waals surface area contributed by atoms with Crippen LogP contribution >= 0.6 is 0 Å². The van der Waals surface area contributed by atoms with Gasteiger partial charge in [0.15, 0.2) is 0 Å². The number of carbonyl (C=O) groups excluding carboxylic acids is 2. The van der Waals surface area contributed by atoms with Gasteiger partial charge in [0.1, 0.15) is 0 Å². The van der Waals surface area contributed by atoms with Crippen molar-refractivity contribution in [3.8, 4) is 0 Å². The van der Waals surface area contributed by atoms with Crippen molar-refractivity contribution in [3.05, 3.63) is 60.2 Å². The smallest absolute Gasteiger partial charge is 0.426 e. The highest BCUT2D eigenvalue weighted by molar-refractivity contribution is 7.92. The Morgan fingerprint density at radius 2 is 1.60 bits per heavy atom. The van der Waals surface area contributed by atoms with Crippen LogP contribution in [0, 0.1) is 0 Å². The average molecular weight is 363 g/mol. The van der Waals surface area contributed by atoms with E-state index in [4.69, 9.17) is 0 Å². The average Bonchev–Trinajstić information content (AvgIpc) is 2.60. The van der Waals surface area contributed by atoms with E-state index in [0.717, 1.165) is 0 Å². The number of sulfonamides is 1. The summed E-state index contributed by atoms with van der Waals surface area (Å²) >= 11 is 0. The number of anilines is 1. The van der Waals surface area contributed by atoms with Crippen molar-refractivity contribution in [2.45, 2.75) is 11.8 Å². The maximum Gasteiger partial charge on any atom is 0.426 e. The van der Waals surface area contributed by atoms with Gasteiger partial charge in [0, 0.05) is 11.3 Å². The van der Waals surface area contributed by atoms with Crippen molar-refractivity contribution in [1.82, 2.24) is 10.9 Å². The Bertz CT molecular complexity index is 836. The standard InChI is InChI=1S/C16H17N3O5S/c1-2-24-16(21)18-17-15(20)12-8-10-14(11-9-12)25(22,23)19-13-6-4-3-5-7-13/h3-11,19H,2H2,1H3,(H,17,20)(H,18,21). The molecule has 0 aromatic heterocycles. The minimum atomic E-state index is -3.76. The summed E-state index contributed by atoms with van der Waals surface area (Å²) in [5, 5.41) is 0. The zero-order valence-electron chi connectivity index (χ0n) is 13.4. The number of carbonyl (C=O) groups is 2. The normalized spacial score (nSPS) is 10.6. The second-order valence-corrected chi connectivity index (χ2v) is 6.48. The number of ether oxygens (including phenoxy) is 1. The molecule has 8 nitrogen and oxygen atoms in total. The topological polar surface area (TPSA) is 114 Å². The second-order valence-electron chi connectivity index (χ2n) is 4.80. The van der Waals surface area contributed by atoms with Crippen LogP contribution in [0.15, 0.2) is 59.5 Å². The fourth-order valence-corrected chi connectivity index (χ4v) is 2.91. The van der Waals surface area contributed by atoms with Gasteiger partial charge in [0.05, 0.1) is 11.5 Å². The number of benzene rings is 2. The van der Waals surface area contributed by atoms with E-state index in [0.29, 0.717) is 5.69 Å². The number of para-hydroxylation sites is 1. The molecule has 0 aliphatic rings. The van der Waals surface area contributed by atoms with Gasteiger partial charge in [-0.1, -0.05) is 18.2 Å². The zero-order valence-corrected chi connectivity index (χ0v) is 14.2. The molecule has 0 saturated carbocycles. The lowest BCUT2D eigenvalue weighted by molar-refractivity contribution is 0.0912. The maximum absolute atomic E-state index is 12.3. The SMILES string of the molecule is CCOC(=O)NNC(=O)c1ccc(S(=O)(=O)Nc2ccccc2)cc1. The first kappa shape index (κ1) is 18.3. The van der Waals surface area contributed by atoms with E-state index >= 15 is 0 Å². The first-order valence-corrected chi connectivity index (χ1v) is 8.81. The molecule has 0 saturated heterocycles. The van der Waals surface area contributed by atoms with Gasteiger partial charge >= 0.3 is 6.09 Å². The molecule has 0 radical (unpaired) electrons. The van der Waals surface area contributed by atoms with E-state index in [9.17, 15) is 18.0 Å². The summed E-state index contributed by atoms with van der Waals surface area (Å²) in [6, 6.07) is 13.7. The molecule has 0 atom stereocenters. The summed E-state index contributed by atoms with van der Waals surface area (Å²) in [4.78, 5) is 23.0. The molecule has 2 aromatic carbocycles. The molecule has 132 valence electrons. The first-order valence-electron chi connectivity index (χ1n) is 7.33. The third kappa shape index (κ3) is 5.21. The van der Waals surface area contributed by atoms with Gasteiger partial charge < -0.3 is 4.74 Å². The van der Waals surface area contributed by atoms with Crippen molar-refractivity contribution in [2.24, 2.45) is 0 Å². The van der Waals surface area contributed by atoms with Crippen molar-refractivity contribution in [2.75, 3.05) is 11.3 Å². The van der Waals surface area contributed by atoms with E-state index in [1.54, 1.807) is 37.3 Å². The lowest BCUT2D eigenvalue weighted by Gasteiger charge is -2.09. The summed E-state index contributed by atoms with van der Waals surface area (Å²) in [6.45, 7) is 1.80. The molecule has 2 rings (SSSR count). The van der Waals surface area contributed by atoms with Crippen LogP contribution in [0.4, 0.5) is 10.5 Å². The molecule has 0 unspecified atom stereocenters. The van der Waals surface area contributed by atoms with E-state index in [2.05, 4.69) is 20.3 Å².